The van der Waals surface area contributed by atoms with Gasteiger partial charge in [-0.3, -0.25) is 0 Å². The highest BCUT2D eigenvalue weighted by Gasteiger charge is 2.56. The van der Waals surface area contributed by atoms with Crippen LogP contribution in [-0.2, 0) is 4.74 Å². The first-order chi connectivity index (χ1) is 5.52. The van der Waals surface area contributed by atoms with Crippen molar-refractivity contribution in [3.05, 3.63) is 12.3 Å². The average Bonchev–Trinajstić information content (AvgIpc) is 2.36. The second-order valence-electron chi connectivity index (χ2n) is 2.27. The number of alkyl halides is 3. The molecule has 0 saturated heterocycles. The van der Waals surface area contributed by atoms with E-state index in [0.29, 0.717) is 0 Å². The second-order valence-corrected chi connectivity index (χ2v) is 2.27. The Morgan fingerprint density at radius 3 is 2.50 bits per heavy atom. The minimum Gasteiger partial charge on any atom is -0.348 e. The molecule has 6 heteroatoms. The maximum Gasteiger partial charge on any atom is 0.436 e. The molecule has 0 aromatic heterocycles. The Hall–Kier alpha value is -0.750. The summed E-state index contributed by atoms with van der Waals surface area (Å²) in [5.41, 5.74) is 1.87. The summed E-state index contributed by atoms with van der Waals surface area (Å²) >= 11 is 0. The van der Waals surface area contributed by atoms with E-state index in [9.17, 15) is 13.2 Å². The SMILES string of the molecule is CCOC1(C(F)(F)F)C=CNN1. The first kappa shape index (κ1) is 9.34. The van der Waals surface area contributed by atoms with Gasteiger partial charge in [0.25, 0.3) is 5.72 Å². The zero-order valence-corrected chi connectivity index (χ0v) is 6.40. The largest absolute Gasteiger partial charge is 0.436 e. The predicted octanol–water partition coefficient (Wildman–Crippen LogP) is 0.903. The highest BCUT2D eigenvalue weighted by molar-refractivity contribution is 5.08. The molecule has 1 atom stereocenters. The third-order valence-corrected chi connectivity index (χ3v) is 1.45. The predicted molar refractivity (Wildman–Crippen MR) is 35.8 cm³/mol. The fraction of sp³-hybridized carbons (Fsp3) is 0.667. The second kappa shape index (κ2) is 2.95. The van der Waals surface area contributed by atoms with Crippen LogP contribution in [0.25, 0.3) is 0 Å². The monoisotopic (exact) mass is 182 g/mol. The van der Waals surface area contributed by atoms with Crippen LogP contribution in [0.5, 0.6) is 0 Å². The first-order valence-electron chi connectivity index (χ1n) is 3.43. The van der Waals surface area contributed by atoms with E-state index in [1.165, 1.54) is 6.92 Å². The van der Waals surface area contributed by atoms with E-state index in [2.05, 4.69) is 10.2 Å². The van der Waals surface area contributed by atoms with Crippen LogP contribution in [0.4, 0.5) is 13.2 Å². The average molecular weight is 182 g/mol. The minimum atomic E-state index is -4.46. The number of nitrogens with one attached hydrogen (secondary N) is 2. The van der Waals surface area contributed by atoms with Gasteiger partial charge in [-0.25, -0.2) is 0 Å². The van der Waals surface area contributed by atoms with Gasteiger partial charge < -0.3 is 10.2 Å². The van der Waals surface area contributed by atoms with Crippen LogP contribution < -0.4 is 10.9 Å². The van der Waals surface area contributed by atoms with Crippen molar-refractivity contribution in [1.29, 1.82) is 0 Å². The lowest BCUT2D eigenvalue weighted by Crippen LogP contribution is -2.57. The van der Waals surface area contributed by atoms with E-state index in [1.54, 1.807) is 0 Å². The zero-order chi connectivity index (χ0) is 9.24. The Morgan fingerprint density at radius 2 is 2.17 bits per heavy atom. The number of halogens is 3. The van der Waals surface area contributed by atoms with Crippen molar-refractivity contribution in [2.24, 2.45) is 0 Å². The van der Waals surface area contributed by atoms with Crippen molar-refractivity contribution < 1.29 is 17.9 Å². The van der Waals surface area contributed by atoms with E-state index in [0.717, 1.165) is 12.3 Å². The number of rotatable bonds is 2. The van der Waals surface area contributed by atoms with Gasteiger partial charge in [0.2, 0.25) is 0 Å². The highest BCUT2D eigenvalue weighted by atomic mass is 19.4. The number of hydrogen-bond donors (Lipinski definition) is 2. The van der Waals surface area contributed by atoms with Gasteiger partial charge >= 0.3 is 6.18 Å². The van der Waals surface area contributed by atoms with Gasteiger partial charge in [0.05, 0.1) is 0 Å². The van der Waals surface area contributed by atoms with Gasteiger partial charge in [-0.05, 0) is 13.0 Å². The third kappa shape index (κ3) is 1.39. The molecule has 0 fully saturated rings. The van der Waals surface area contributed by atoms with Gasteiger partial charge in [-0.2, -0.15) is 18.6 Å². The third-order valence-electron chi connectivity index (χ3n) is 1.45. The molecule has 12 heavy (non-hydrogen) atoms. The molecule has 0 radical (unpaired) electrons. The number of ether oxygens (including phenoxy) is 1. The lowest BCUT2D eigenvalue weighted by molar-refractivity contribution is -0.267. The molecular weight excluding hydrogens is 173 g/mol. The van der Waals surface area contributed by atoms with Crippen LogP contribution in [0, 0.1) is 0 Å². The molecule has 1 unspecified atom stereocenters. The highest BCUT2D eigenvalue weighted by Crippen LogP contribution is 2.33. The Balaban J connectivity index is 2.80. The van der Waals surface area contributed by atoms with E-state index in [1.807, 2.05) is 5.43 Å². The Bertz CT molecular complexity index is 192. The molecule has 0 aromatic carbocycles. The molecule has 1 rings (SSSR count). The summed E-state index contributed by atoms with van der Waals surface area (Å²) in [4.78, 5) is 0. The van der Waals surface area contributed by atoms with Crippen LogP contribution in [-0.4, -0.2) is 18.5 Å². The molecule has 0 saturated carbocycles. The zero-order valence-electron chi connectivity index (χ0n) is 6.40. The summed E-state index contributed by atoms with van der Waals surface area (Å²) in [6.45, 7) is 1.49. The lowest BCUT2D eigenvalue weighted by atomic mass is 10.2. The quantitative estimate of drug-likeness (QED) is 0.665. The molecule has 3 nitrogen and oxygen atoms in total. The van der Waals surface area contributed by atoms with Crippen molar-refractivity contribution in [2.45, 2.75) is 18.8 Å². The molecular formula is C6H9F3N2O. The normalized spacial score (nSPS) is 29.0. The molecule has 0 bridgehead atoms. The van der Waals surface area contributed by atoms with E-state index < -0.39 is 11.9 Å². The van der Waals surface area contributed by atoms with E-state index >= 15 is 0 Å². The van der Waals surface area contributed by atoms with Crippen LogP contribution in [0.1, 0.15) is 6.92 Å². The van der Waals surface area contributed by atoms with Gasteiger partial charge in [0.1, 0.15) is 0 Å². The minimum absolute atomic E-state index is 0.0153. The van der Waals surface area contributed by atoms with Crippen molar-refractivity contribution in [3.63, 3.8) is 0 Å². The van der Waals surface area contributed by atoms with Crippen molar-refractivity contribution in [2.75, 3.05) is 6.61 Å². The molecule has 1 aliphatic heterocycles. The van der Waals surface area contributed by atoms with Crippen molar-refractivity contribution in [3.8, 4) is 0 Å². The fourth-order valence-electron chi connectivity index (χ4n) is 0.909. The summed E-state index contributed by atoms with van der Waals surface area (Å²) in [6, 6.07) is 0. The summed E-state index contributed by atoms with van der Waals surface area (Å²) in [7, 11) is 0. The van der Waals surface area contributed by atoms with Gasteiger partial charge in [0, 0.05) is 12.8 Å². The molecule has 1 heterocycles. The first-order valence-corrected chi connectivity index (χ1v) is 3.43. The lowest BCUT2D eigenvalue weighted by Gasteiger charge is -2.29. The van der Waals surface area contributed by atoms with Crippen LogP contribution in [0.2, 0.25) is 0 Å². The number of hydrogen-bond acceptors (Lipinski definition) is 3. The van der Waals surface area contributed by atoms with Crippen LogP contribution >= 0.6 is 0 Å². The summed E-state index contributed by atoms with van der Waals surface area (Å²) in [6.07, 6.45) is -2.40. The van der Waals surface area contributed by atoms with E-state index in [4.69, 9.17) is 0 Å². The van der Waals surface area contributed by atoms with Crippen LogP contribution in [0.15, 0.2) is 12.3 Å². The number of hydrazine groups is 1. The molecule has 1 aliphatic rings. The van der Waals surface area contributed by atoms with Gasteiger partial charge in [0.15, 0.2) is 0 Å². The maximum atomic E-state index is 12.3. The molecule has 0 spiro atoms. The summed E-state index contributed by atoms with van der Waals surface area (Å²) in [5, 5.41) is 0. The topological polar surface area (TPSA) is 33.3 Å². The molecule has 0 aliphatic carbocycles. The van der Waals surface area contributed by atoms with Crippen molar-refractivity contribution >= 4 is 0 Å². The molecule has 2 N–H and O–H groups in total. The maximum absolute atomic E-state index is 12.3. The van der Waals surface area contributed by atoms with Gasteiger partial charge in [-0.15, -0.1) is 0 Å². The molecule has 0 aromatic rings. The van der Waals surface area contributed by atoms with Crippen LogP contribution in [0.3, 0.4) is 0 Å². The summed E-state index contributed by atoms with van der Waals surface area (Å²) < 4.78 is 41.5. The smallest absolute Gasteiger partial charge is 0.348 e. The fourth-order valence-corrected chi connectivity index (χ4v) is 0.909. The Kier molecular flexibility index (Phi) is 2.29. The standard InChI is InChI=1S/C6H9F3N2O/c1-2-12-5(6(7,8)9)3-4-10-11-5/h3-4,10-11H,2H2,1H3. The molecule has 0 amide bonds. The molecule has 70 valence electrons. The van der Waals surface area contributed by atoms with Crippen molar-refractivity contribution in [1.82, 2.24) is 10.9 Å². The van der Waals surface area contributed by atoms with Gasteiger partial charge in [-0.1, -0.05) is 0 Å². The Morgan fingerprint density at radius 1 is 1.50 bits per heavy atom. The Labute approximate surface area is 67.5 Å². The summed E-state index contributed by atoms with van der Waals surface area (Å²) in [5.74, 6) is 0. The van der Waals surface area contributed by atoms with E-state index in [-0.39, 0.29) is 6.61 Å².